The van der Waals surface area contributed by atoms with Crippen molar-refractivity contribution in [3.63, 3.8) is 0 Å². The van der Waals surface area contributed by atoms with Crippen LogP contribution < -0.4 is 0 Å². The van der Waals surface area contributed by atoms with Gasteiger partial charge in [-0.3, -0.25) is 0 Å². The molecule has 0 amide bonds. The summed E-state index contributed by atoms with van der Waals surface area (Å²) < 4.78 is 0. The molecular weight excluding hydrogens is 216 g/mol. The largest absolute Gasteiger partial charge is 0.0654 e. The summed E-state index contributed by atoms with van der Waals surface area (Å²) in [5.74, 6) is 0. The van der Waals surface area contributed by atoms with Crippen LogP contribution in [0.15, 0.2) is 24.3 Å². The number of hydrogen-bond acceptors (Lipinski definition) is 0. The summed E-state index contributed by atoms with van der Waals surface area (Å²) in [4.78, 5) is 0. The highest BCUT2D eigenvalue weighted by molar-refractivity contribution is 5.20. The van der Waals surface area contributed by atoms with Crippen molar-refractivity contribution in [1.82, 2.24) is 0 Å². The minimum Gasteiger partial charge on any atom is -0.0654 e. The fourth-order valence-electron chi connectivity index (χ4n) is 1.51. The predicted molar refractivity (Wildman–Crippen MR) is 86.3 cm³/mol. The molecule has 0 N–H and O–H groups in total. The summed E-state index contributed by atoms with van der Waals surface area (Å²) in [7, 11) is 0. The van der Waals surface area contributed by atoms with Gasteiger partial charge in [-0.05, 0) is 13.8 Å². The average Bonchev–Trinajstić information content (AvgIpc) is 2.32. The Bertz CT molecular complexity index is 223. The van der Waals surface area contributed by atoms with Crippen molar-refractivity contribution >= 4 is 0 Å². The fourth-order valence-corrected chi connectivity index (χ4v) is 1.51. The van der Waals surface area contributed by atoms with Crippen molar-refractivity contribution in [3.05, 3.63) is 35.4 Å². The van der Waals surface area contributed by atoms with Crippen LogP contribution in [0, 0.1) is 13.8 Å². The second kappa shape index (κ2) is 16.2. The van der Waals surface area contributed by atoms with E-state index in [1.165, 1.54) is 49.7 Å². The van der Waals surface area contributed by atoms with Crippen molar-refractivity contribution in [2.45, 2.75) is 80.1 Å². The Labute approximate surface area is 116 Å². The SMILES string of the molecule is CCCCC.CCCCC.Cc1cccc(C)c1. The van der Waals surface area contributed by atoms with Crippen LogP contribution in [0.4, 0.5) is 0 Å². The van der Waals surface area contributed by atoms with Gasteiger partial charge in [0.1, 0.15) is 0 Å². The van der Waals surface area contributed by atoms with Gasteiger partial charge in [-0.2, -0.15) is 0 Å². The Morgan fingerprint density at radius 3 is 1.11 bits per heavy atom. The van der Waals surface area contributed by atoms with Gasteiger partial charge in [0.15, 0.2) is 0 Å². The number of rotatable bonds is 4. The molecule has 0 atom stereocenters. The topological polar surface area (TPSA) is 0 Å². The normalized spacial score (nSPS) is 8.78. The van der Waals surface area contributed by atoms with Gasteiger partial charge in [-0.25, -0.2) is 0 Å². The quantitative estimate of drug-likeness (QED) is 0.558. The van der Waals surface area contributed by atoms with E-state index in [9.17, 15) is 0 Å². The molecule has 1 rings (SSSR count). The first-order valence-electron chi connectivity index (χ1n) is 7.65. The molecule has 0 unspecified atom stereocenters. The summed E-state index contributed by atoms with van der Waals surface area (Å²) in [6.07, 6.45) is 8.15. The molecule has 0 bridgehead atoms. The maximum atomic E-state index is 2.21. The molecule has 18 heavy (non-hydrogen) atoms. The number of benzene rings is 1. The van der Waals surface area contributed by atoms with E-state index >= 15 is 0 Å². The predicted octanol–water partition coefficient (Wildman–Crippen LogP) is 6.70. The van der Waals surface area contributed by atoms with E-state index in [0.717, 1.165) is 0 Å². The minimum atomic E-state index is 1.34. The highest BCUT2D eigenvalue weighted by Crippen LogP contribution is 2.00. The standard InChI is InChI=1S/C8H10.2C5H12/c1-7-4-3-5-8(2)6-7;2*1-3-5-4-2/h3-6H,1-2H3;2*3-5H2,1-2H3. The Morgan fingerprint density at radius 2 is 1.00 bits per heavy atom. The van der Waals surface area contributed by atoms with Gasteiger partial charge < -0.3 is 0 Å². The van der Waals surface area contributed by atoms with Crippen molar-refractivity contribution in [3.8, 4) is 0 Å². The van der Waals surface area contributed by atoms with Crippen molar-refractivity contribution in [2.75, 3.05) is 0 Å². The van der Waals surface area contributed by atoms with Gasteiger partial charge in [0.05, 0.1) is 0 Å². The first-order valence-corrected chi connectivity index (χ1v) is 7.65. The minimum absolute atomic E-state index is 1.34. The molecule has 0 aliphatic rings. The van der Waals surface area contributed by atoms with Crippen LogP contribution in [0.3, 0.4) is 0 Å². The molecule has 0 aliphatic carbocycles. The maximum Gasteiger partial charge on any atom is -0.0398 e. The van der Waals surface area contributed by atoms with Gasteiger partial charge in [-0.1, -0.05) is 102 Å². The Kier molecular flexibility index (Phi) is 17.6. The Hall–Kier alpha value is -0.780. The lowest BCUT2D eigenvalue weighted by Gasteiger charge is -1.90. The zero-order chi connectivity index (χ0) is 14.2. The molecule has 0 aromatic heterocycles. The monoisotopic (exact) mass is 250 g/mol. The van der Waals surface area contributed by atoms with Crippen LogP contribution in [0.25, 0.3) is 0 Å². The first kappa shape index (κ1) is 19.6. The zero-order valence-electron chi connectivity index (χ0n) is 13.6. The van der Waals surface area contributed by atoms with Crippen molar-refractivity contribution < 1.29 is 0 Å². The second-order valence-corrected chi connectivity index (χ2v) is 4.87. The zero-order valence-corrected chi connectivity index (χ0v) is 13.6. The van der Waals surface area contributed by atoms with Crippen LogP contribution in [0.5, 0.6) is 0 Å². The number of aryl methyl sites for hydroxylation is 2. The Balaban J connectivity index is 0. The maximum absolute atomic E-state index is 2.21. The number of hydrogen-bond donors (Lipinski definition) is 0. The molecule has 0 heterocycles. The van der Waals surface area contributed by atoms with E-state index in [2.05, 4.69) is 65.8 Å². The summed E-state index contributed by atoms with van der Waals surface area (Å²) in [5, 5.41) is 0. The van der Waals surface area contributed by atoms with Gasteiger partial charge >= 0.3 is 0 Å². The smallest absolute Gasteiger partial charge is 0.0398 e. The number of unbranched alkanes of at least 4 members (excludes halogenated alkanes) is 4. The summed E-state index contributed by atoms with van der Waals surface area (Å²) >= 11 is 0. The summed E-state index contributed by atoms with van der Waals surface area (Å²) in [5.41, 5.74) is 2.68. The third kappa shape index (κ3) is 17.6. The Morgan fingerprint density at radius 1 is 0.667 bits per heavy atom. The van der Waals surface area contributed by atoms with E-state index in [1.807, 2.05) is 0 Å². The lowest BCUT2D eigenvalue weighted by Crippen LogP contribution is -1.71. The van der Waals surface area contributed by atoms with Crippen LogP contribution in [0.2, 0.25) is 0 Å². The molecule has 1 aromatic carbocycles. The molecule has 0 radical (unpaired) electrons. The van der Waals surface area contributed by atoms with Crippen molar-refractivity contribution in [2.24, 2.45) is 0 Å². The molecule has 106 valence electrons. The van der Waals surface area contributed by atoms with Gasteiger partial charge in [0, 0.05) is 0 Å². The van der Waals surface area contributed by atoms with Crippen LogP contribution >= 0.6 is 0 Å². The molecular formula is C18H34. The van der Waals surface area contributed by atoms with Gasteiger partial charge in [0.25, 0.3) is 0 Å². The first-order chi connectivity index (χ1) is 8.62. The fraction of sp³-hybridized carbons (Fsp3) is 0.667. The van der Waals surface area contributed by atoms with Crippen molar-refractivity contribution in [1.29, 1.82) is 0 Å². The highest BCUT2D eigenvalue weighted by Gasteiger charge is 1.80. The second-order valence-electron chi connectivity index (χ2n) is 4.87. The molecule has 0 saturated heterocycles. The average molecular weight is 250 g/mol. The molecule has 1 aromatic rings. The van der Waals surface area contributed by atoms with E-state index in [1.54, 1.807) is 0 Å². The molecule has 0 aliphatic heterocycles. The molecule has 0 fully saturated rings. The van der Waals surface area contributed by atoms with E-state index in [4.69, 9.17) is 0 Å². The van der Waals surface area contributed by atoms with Crippen LogP contribution in [-0.2, 0) is 0 Å². The third-order valence-corrected chi connectivity index (χ3v) is 2.59. The van der Waals surface area contributed by atoms with E-state index in [0.29, 0.717) is 0 Å². The summed E-state index contributed by atoms with van der Waals surface area (Å²) in [6, 6.07) is 8.45. The molecule has 0 spiro atoms. The molecule has 0 nitrogen and oxygen atoms in total. The molecule has 0 heteroatoms. The van der Waals surface area contributed by atoms with E-state index < -0.39 is 0 Å². The third-order valence-electron chi connectivity index (χ3n) is 2.59. The summed E-state index contributed by atoms with van der Waals surface area (Å²) in [6.45, 7) is 13.1. The van der Waals surface area contributed by atoms with Crippen LogP contribution in [-0.4, -0.2) is 0 Å². The molecule has 0 saturated carbocycles. The van der Waals surface area contributed by atoms with Gasteiger partial charge in [0.2, 0.25) is 0 Å². The highest BCUT2D eigenvalue weighted by atomic mass is 13.9. The lowest BCUT2D eigenvalue weighted by molar-refractivity contribution is 0.772. The van der Waals surface area contributed by atoms with E-state index in [-0.39, 0.29) is 0 Å². The lowest BCUT2D eigenvalue weighted by atomic mass is 10.2. The van der Waals surface area contributed by atoms with Crippen LogP contribution in [0.1, 0.15) is 77.3 Å². The van der Waals surface area contributed by atoms with Gasteiger partial charge in [-0.15, -0.1) is 0 Å².